The molecule has 0 saturated heterocycles. The zero-order valence-electron chi connectivity index (χ0n) is 7.01. The van der Waals surface area contributed by atoms with Crippen LogP contribution in [0.15, 0.2) is 23.2 Å². The van der Waals surface area contributed by atoms with Gasteiger partial charge in [0.25, 0.3) is 0 Å². The van der Waals surface area contributed by atoms with Gasteiger partial charge in [0, 0.05) is 12.6 Å². The van der Waals surface area contributed by atoms with Crippen LogP contribution < -0.4 is 11.3 Å². The Morgan fingerprint density at radius 1 is 1.46 bits per heavy atom. The normalized spacial score (nSPS) is 11.5. The van der Waals surface area contributed by atoms with Gasteiger partial charge in [-0.15, -0.1) is 0 Å². The number of nitrogens with two attached hydrogens (primary N) is 1. The summed E-state index contributed by atoms with van der Waals surface area (Å²) in [6.45, 7) is 0. The molecule has 0 saturated carbocycles. The zero-order chi connectivity index (χ0) is 9.84. The van der Waals surface area contributed by atoms with Crippen molar-refractivity contribution in [1.29, 1.82) is 0 Å². The van der Waals surface area contributed by atoms with Crippen LogP contribution in [0.5, 0.6) is 0 Å². The molecule has 0 aromatic heterocycles. The second kappa shape index (κ2) is 4.46. The van der Waals surface area contributed by atoms with Gasteiger partial charge in [-0.2, -0.15) is 0 Å². The van der Waals surface area contributed by atoms with Gasteiger partial charge in [0.05, 0.1) is 10.0 Å². The molecule has 13 heavy (non-hydrogen) atoms. The number of hydrogen-bond donors (Lipinski definition) is 2. The van der Waals surface area contributed by atoms with Crippen molar-refractivity contribution < 1.29 is 0 Å². The highest BCUT2D eigenvalue weighted by molar-refractivity contribution is 6.44. The van der Waals surface area contributed by atoms with Crippen molar-refractivity contribution in [3.8, 4) is 0 Å². The number of nitrogens with one attached hydrogen (secondary N) is 1. The zero-order valence-corrected chi connectivity index (χ0v) is 8.52. The second-order valence-corrected chi connectivity index (χ2v) is 3.10. The van der Waals surface area contributed by atoms with Gasteiger partial charge in [-0.25, -0.2) is 5.84 Å². The lowest BCUT2D eigenvalue weighted by Crippen LogP contribution is -2.31. The van der Waals surface area contributed by atoms with Crippen LogP contribution in [0.4, 0.5) is 0 Å². The molecule has 0 atom stereocenters. The molecule has 0 aliphatic carbocycles. The van der Waals surface area contributed by atoms with E-state index in [4.69, 9.17) is 29.0 Å². The van der Waals surface area contributed by atoms with Gasteiger partial charge in [-0.1, -0.05) is 29.3 Å². The smallest absolute Gasteiger partial charge is 0.143 e. The van der Waals surface area contributed by atoms with Crippen molar-refractivity contribution in [2.75, 3.05) is 7.05 Å². The average molecular weight is 218 g/mol. The summed E-state index contributed by atoms with van der Waals surface area (Å²) < 4.78 is 0. The van der Waals surface area contributed by atoms with Crippen LogP contribution >= 0.6 is 23.2 Å². The van der Waals surface area contributed by atoms with E-state index in [2.05, 4.69) is 10.4 Å². The lowest BCUT2D eigenvalue weighted by Gasteiger charge is -2.07. The highest BCUT2D eigenvalue weighted by Crippen LogP contribution is 2.25. The van der Waals surface area contributed by atoms with Crippen molar-refractivity contribution in [3.63, 3.8) is 0 Å². The maximum atomic E-state index is 5.94. The Labute approximate surface area is 86.5 Å². The van der Waals surface area contributed by atoms with E-state index >= 15 is 0 Å². The SMILES string of the molecule is CN=C(NN)c1cccc(Cl)c1Cl. The molecule has 1 aromatic rings. The van der Waals surface area contributed by atoms with Gasteiger partial charge >= 0.3 is 0 Å². The largest absolute Gasteiger partial charge is 0.308 e. The number of hydrazine groups is 1. The summed E-state index contributed by atoms with van der Waals surface area (Å²) in [6, 6.07) is 5.28. The molecular formula is C8H9Cl2N3. The lowest BCUT2D eigenvalue weighted by atomic mass is 10.2. The van der Waals surface area contributed by atoms with Crippen LogP contribution in [0.25, 0.3) is 0 Å². The van der Waals surface area contributed by atoms with Crippen molar-refractivity contribution in [1.82, 2.24) is 5.43 Å². The Morgan fingerprint density at radius 2 is 2.15 bits per heavy atom. The fourth-order valence-corrected chi connectivity index (χ4v) is 1.34. The van der Waals surface area contributed by atoms with Gasteiger partial charge < -0.3 is 5.43 Å². The first-order valence-corrected chi connectivity index (χ1v) is 4.34. The first-order valence-electron chi connectivity index (χ1n) is 3.58. The molecule has 3 N–H and O–H groups in total. The van der Waals surface area contributed by atoms with Gasteiger partial charge in [-0.05, 0) is 12.1 Å². The molecule has 0 fully saturated rings. The first kappa shape index (κ1) is 10.3. The fraction of sp³-hybridized carbons (Fsp3) is 0.125. The maximum absolute atomic E-state index is 5.94. The van der Waals surface area contributed by atoms with Gasteiger partial charge in [0.2, 0.25) is 0 Å². The summed E-state index contributed by atoms with van der Waals surface area (Å²) in [4.78, 5) is 3.92. The molecule has 0 aliphatic heterocycles. The number of amidine groups is 1. The van der Waals surface area contributed by atoms with Gasteiger partial charge in [-0.3, -0.25) is 4.99 Å². The van der Waals surface area contributed by atoms with E-state index in [1.54, 1.807) is 25.2 Å². The standard InChI is InChI=1S/C8H9Cl2N3/c1-12-8(13-11)5-3-2-4-6(9)7(5)10/h2-4H,11H2,1H3,(H,12,13). The number of rotatable bonds is 1. The van der Waals surface area contributed by atoms with Crippen LogP contribution in [0.2, 0.25) is 10.0 Å². The fourth-order valence-electron chi connectivity index (χ4n) is 0.949. The Bertz CT molecular complexity index is 336. The molecule has 1 aromatic carbocycles. The van der Waals surface area contributed by atoms with E-state index in [-0.39, 0.29) is 0 Å². The minimum Gasteiger partial charge on any atom is -0.308 e. The van der Waals surface area contributed by atoms with Crippen molar-refractivity contribution in [3.05, 3.63) is 33.8 Å². The third-order valence-corrected chi connectivity index (χ3v) is 2.39. The number of aliphatic imine (C=N–C) groups is 1. The minimum atomic E-state index is 0.447. The van der Waals surface area contributed by atoms with E-state index in [1.807, 2.05) is 0 Å². The Hall–Kier alpha value is -0.770. The average Bonchev–Trinajstić information content (AvgIpc) is 2.14. The van der Waals surface area contributed by atoms with Crippen LogP contribution in [-0.2, 0) is 0 Å². The molecule has 3 nitrogen and oxygen atoms in total. The van der Waals surface area contributed by atoms with Crippen molar-refractivity contribution in [2.45, 2.75) is 0 Å². The quantitative estimate of drug-likeness (QED) is 0.327. The molecule has 0 radical (unpaired) electrons. The lowest BCUT2D eigenvalue weighted by molar-refractivity contribution is 1.02. The monoisotopic (exact) mass is 217 g/mol. The van der Waals surface area contributed by atoms with E-state index in [0.717, 1.165) is 0 Å². The number of nitrogens with zero attached hydrogens (tertiary/aromatic N) is 1. The first-order chi connectivity index (χ1) is 6.20. The van der Waals surface area contributed by atoms with Crippen molar-refractivity contribution >= 4 is 29.0 Å². The summed E-state index contributed by atoms with van der Waals surface area (Å²) in [7, 11) is 1.62. The molecule has 70 valence electrons. The third kappa shape index (κ3) is 2.12. The maximum Gasteiger partial charge on any atom is 0.143 e. The second-order valence-electron chi connectivity index (χ2n) is 2.32. The number of benzene rings is 1. The van der Waals surface area contributed by atoms with E-state index < -0.39 is 0 Å². The molecule has 0 bridgehead atoms. The molecule has 0 heterocycles. The molecule has 0 aliphatic rings. The minimum absolute atomic E-state index is 0.447. The Kier molecular flexibility index (Phi) is 3.54. The molecule has 5 heteroatoms. The topological polar surface area (TPSA) is 50.4 Å². The predicted octanol–water partition coefficient (Wildman–Crippen LogP) is 1.83. The van der Waals surface area contributed by atoms with Crippen LogP contribution in [-0.4, -0.2) is 12.9 Å². The van der Waals surface area contributed by atoms with E-state index in [9.17, 15) is 0 Å². The van der Waals surface area contributed by atoms with Gasteiger partial charge in [0.15, 0.2) is 0 Å². The number of hydrogen-bond acceptors (Lipinski definition) is 2. The Morgan fingerprint density at radius 3 is 2.69 bits per heavy atom. The van der Waals surface area contributed by atoms with Crippen LogP contribution in [0, 0.1) is 0 Å². The summed E-state index contributed by atoms with van der Waals surface area (Å²) in [5, 5.41) is 0.929. The Balaban J connectivity index is 3.22. The summed E-state index contributed by atoms with van der Waals surface area (Å²) in [5.74, 6) is 5.76. The third-order valence-electron chi connectivity index (χ3n) is 1.57. The molecule has 0 amide bonds. The summed E-state index contributed by atoms with van der Waals surface area (Å²) in [6.07, 6.45) is 0. The molecule has 0 spiro atoms. The van der Waals surface area contributed by atoms with Crippen molar-refractivity contribution in [2.24, 2.45) is 10.8 Å². The van der Waals surface area contributed by atoms with E-state index in [1.165, 1.54) is 0 Å². The van der Waals surface area contributed by atoms with Gasteiger partial charge in [0.1, 0.15) is 5.84 Å². The van der Waals surface area contributed by atoms with Crippen LogP contribution in [0.1, 0.15) is 5.56 Å². The molecular weight excluding hydrogens is 209 g/mol. The van der Waals surface area contributed by atoms with Crippen LogP contribution in [0.3, 0.4) is 0 Å². The summed E-state index contributed by atoms with van der Waals surface area (Å²) >= 11 is 11.8. The highest BCUT2D eigenvalue weighted by Gasteiger charge is 2.08. The number of halogens is 2. The highest BCUT2D eigenvalue weighted by atomic mass is 35.5. The predicted molar refractivity (Wildman–Crippen MR) is 56.2 cm³/mol. The molecule has 1 rings (SSSR count). The molecule has 0 unspecified atom stereocenters. The summed E-state index contributed by atoms with van der Waals surface area (Å²) in [5.41, 5.74) is 3.14. The van der Waals surface area contributed by atoms with E-state index in [0.29, 0.717) is 21.4 Å².